The Hall–Kier alpha value is -3.56. The van der Waals surface area contributed by atoms with Crippen molar-refractivity contribution in [2.75, 3.05) is 13.1 Å². The van der Waals surface area contributed by atoms with Gasteiger partial charge in [0.1, 0.15) is 11.9 Å². The second kappa shape index (κ2) is 14.7. The smallest absolute Gasteiger partial charge is 0.247 e. The lowest BCUT2D eigenvalue weighted by atomic mass is 10.0. The predicted molar refractivity (Wildman–Crippen MR) is 154 cm³/mol. The Balaban J connectivity index is 1.87. The van der Waals surface area contributed by atoms with E-state index in [1.165, 1.54) is 29.2 Å². The molecule has 0 fully saturated rings. The molecule has 1 atom stereocenters. The normalized spacial score (nSPS) is 12.2. The van der Waals surface area contributed by atoms with Crippen LogP contribution in [0.2, 0.25) is 0 Å². The molecule has 0 aliphatic heterocycles. The average molecular weight is 568 g/mol. The van der Waals surface area contributed by atoms with Crippen LogP contribution in [0, 0.1) is 11.7 Å². The molecule has 0 radical (unpaired) electrons. The number of rotatable bonds is 14. The molecule has 2 amide bonds. The minimum atomic E-state index is -3.57. The highest BCUT2D eigenvalue weighted by atomic mass is 32.2. The zero-order valence-electron chi connectivity index (χ0n) is 23.3. The first-order valence-corrected chi connectivity index (χ1v) is 15.0. The molecule has 2 N–H and O–H groups in total. The number of carbonyl (C=O) groups is 2. The second-order valence-electron chi connectivity index (χ2n) is 10.1. The van der Waals surface area contributed by atoms with E-state index < -0.39 is 16.1 Å². The molecule has 0 spiro atoms. The van der Waals surface area contributed by atoms with Crippen molar-refractivity contribution in [3.63, 3.8) is 0 Å². The third-order valence-electron chi connectivity index (χ3n) is 6.48. The molecular formula is C31H38FN3O4S. The van der Waals surface area contributed by atoms with Gasteiger partial charge in [-0.3, -0.25) is 9.59 Å². The Morgan fingerprint density at radius 3 is 2.12 bits per heavy atom. The Labute approximate surface area is 236 Å². The number of nitrogens with zero attached hydrogens (tertiary/aromatic N) is 1. The van der Waals surface area contributed by atoms with Crippen LogP contribution in [0.5, 0.6) is 0 Å². The summed E-state index contributed by atoms with van der Waals surface area (Å²) in [5, 5.41) is 2.99. The van der Waals surface area contributed by atoms with E-state index in [0.29, 0.717) is 30.0 Å². The Bertz CT molecular complexity index is 1350. The van der Waals surface area contributed by atoms with E-state index in [2.05, 4.69) is 23.9 Å². The summed E-state index contributed by atoms with van der Waals surface area (Å²) in [6.45, 7) is 6.76. The minimum absolute atomic E-state index is 0.100. The number of aryl methyl sites for hydroxylation is 1. The molecule has 7 nitrogen and oxygen atoms in total. The van der Waals surface area contributed by atoms with Gasteiger partial charge in [0.15, 0.2) is 0 Å². The molecule has 3 rings (SSSR count). The summed E-state index contributed by atoms with van der Waals surface area (Å²) in [6.07, 6.45) is 1.26. The molecule has 9 heteroatoms. The van der Waals surface area contributed by atoms with E-state index >= 15 is 0 Å². The van der Waals surface area contributed by atoms with Gasteiger partial charge in [0, 0.05) is 26.1 Å². The summed E-state index contributed by atoms with van der Waals surface area (Å²) in [7, 11) is -3.57. The Morgan fingerprint density at radius 2 is 1.52 bits per heavy atom. The Kier molecular flexibility index (Phi) is 11.4. The number of hydrogen-bond acceptors (Lipinski definition) is 4. The van der Waals surface area contributed by atoms with Gasteiger partial charge in [-0.25, -0.2) is 17.5 Å². The van der Waals surface area contributed by atoms with Crippen LogP contribution in [-0.4, -0.2) is 38.2 Å². The van der Waals surface area contributed by atoms with Gasteiger partial charge < -0.3 is 10.2 Å². The van der Waals surface area contributed by atoms with Crippen molar-refractivity contribution < 1.29 is 22.4 Å². The molecule has 0 aromatic heterocycles. The molecule has 0 bridgehead atoms. The quantitative estimate of drug-likeness (QED) is 0.287. The van der Waals surface area contributed by atoms with Gasteiger partial charge in [0.05, 0.1) is 4.90 Å². The lowest BCUT2D eigenvalue weighted by molar-refractivity contribution is -0.141. The highest BCUT2D eigenvalue weighted by Crippen LogP contribution is 2.25. The van der Waals surface area contributed by atoms with Crippen LogP contribution in [0.1, 0.15) is 56.3 Å². The number of carbonyl (C=O) groups excluding carboxylic acids is 2. The molecule has 0 heterocycles. The van der Waals surface area contributed by atoms with Crippen LogP contribution < -0.4 is 10.0 Å². The molecule has 0 aliphatic carbocycles. The van der Waals surface area contributed by atoms with E-state index in [0.717, 1.165) is 12.0 Å². The van der Waals surface area contributed by atoms with Gasteiger partial charge in [0.2, 0.25) is 21.8 Å². The molecule has 3 aromatic rings. The number of nitrogens with one attached hydrogen (secondary N) is 2. The molecule has 0 saturated carbocycles. The maximum atomic E-state index is 13.8. The minimum Gasteiger partial charge on any atom is -0.354 e. The molecule has 0 unspecified atom stereocenters. The van der Waals surface area contributed by atoms with Gasteiger partial charge in [-0.05, 0) is 59.7 Å². The summed E-state index contributed by atoms with van der Waals surface area (Å²) >= 11 is 0. The number of halogens is 1. The Morgan fingerprint density at radius 1 is 0.900 bits per heavy atom. The zero-order chi connectivity index (χ0) is 29.1. The van der Waals surface area contributed by atoms with Crippen LogP contribution in [0.25, 0.3) is 0 Å². The van der Waals surface area contributed by atoms with Crippen molar-refractivity contribution in [3.05, 3.63) is 101 Å². The molecule has 3 aromatic carbocycles. The standard InChI is InChI=1S/C31H38FN3O4S/c1-4-34-40(38,39)28-17-12-24(13-18-28)14-19-29(36)35(22-25-10-15-27(32)16-11-25)30(26-8-6-5-7-9-26)31(37)33-21-20-23(2)3/h5-13,15-18,23,30,34H,4,14,19-22H2,1-3H3,(H,33,37)/t30-/m0/s1. The molecule has 214 valence electrons. The summed E-state index contributed by atoms with van der Waals surface area (Å²) < 4.78 is 40.6. The van der Waals surface area contributed by atoms with Crippen LogP contribution in [0.15, 0.2) is 83.8 Å². The monoisotopic (exact) mass is 567 g/mol. The molecule has 0 saturated heterocycles. The van der Waals surface area contributed by atoms with Crippen molar-refractivity contribution in [2.45, 2.75) is 57.5 Å². The first-order chi connectivity index (χ1) is 19.1. The van der Waals surface area contributed by atoms with Crippen molar-refractivity contribution in [1.29, 1.82) is 0 Å². The molecule has 40 heavy (non-hydrogen) atoms. The lowest BCUT2D eigenvalue weighted by Crippen LogP contribution is -2.43. The van der Waals surface area contributed by atoms with Gasteiger partial charge in [-0.1, -0.05) is 75.4 Å². The van der Waals surface area contributed by atoms with Crippen LogP contribution in [0.4, 0.5) is 4.39 Å². The summed E-state index contributed by atoms with van der Waals surface area (Å²) in [5.41, 5.74) is 2.17. The number of hydrogen-bond donors (Lipinski definition) is 2. The van der Waals surface area contributed by atoms with Gasteiger partial charge >= 0.3 is 0 Å². The van der Waals surface area contributed by atoms with E-state index in [9.17, 15) is 22.4 Å². The molecule has 0 aliphatic rings. The van der Waals surface area contributed by atoms with Crippen molar-refractivity contribution in [3.8, 4) is 0 Å². The first-order valence-electron chi connectivity index (χ1n) is 13.6. The van der Waals surface area contributed by atoms with Gasteiger partial charge in [-0.2, -0.15) is 0 Å². The van der Waals surface area contributed by atoms with E-state index in [1.807, 2.05) is 30.3 Å². The number of amides is 2. The van der Waals surface area contributed by atoms with Crippen LogP contribution >= 0.6 is 0 Å². The van der Waals surface area contributed by atoms with Crippen molar-refractivity contribution in [2.24, 2.45) is 5.92 Å². The highest BCUT2D eigenvalue weighted by Gasteiger charge is 2.31. The lowest BCUT2D eigenvalue weighted by Gasteiger charge is -2.32. The third kappa shape index (κ3) is 8.99. The largest absolute Gasteiger partial charge is 0.354 e. The van der Waals surface area contributed by atoms with Crippen LogP contribution in [0.3, 0.4) is 0 Å². The fraction of sp³-hybridized carbons (Fsp3) is 0.355. The predicted octanol–water partition coefficient (Wildman–Crippen LogP) is 4.99. The van der Waals surface area contributed by atoms with Crippen molar-refractivity contribution in [1.82, 2.24) is 14.9 Å². The summed E-state index contributed by atoms with van der Waals surface area (Å²) in [5.74, 6) is -0.499. The fourth-order valence-corrected chi connectivity index (χ4v) is 5.34. The van der Waals surface area contributed by atoms with Crippen molar-refractivity contribution >= 4 is 21.8 Å². The summed E-state index contributed by atoms with van der Waals surface area (Å²) in [4.78, 5) is 29.0. The summed E-state index contributed by atoms with van der Waals surface area (Å²) in [6, 6.07) is 20.6. The maximum Gasteiger partial charge on any atom is 0.247 e. The first kappa shape index (κ1) is 31.0. The van der Waals surface area contributed by atoms with Gasteiger partial charge in [-0.15, -0.1) is 0 Å². The third-order valence-corrected chi connectivity index (χ3v) is 8.04. The molecular weight excluding hydrogens is 529 g/mol. The van der Waals surface area contributed by atoms with E-state index in [1.54, 1.807) is 31.2 Å². The SMILES string of the molecule is CCNS(=O)(=O)c1ccc(CCC(=O)N(Cc2ccc(F)cc2)[C@H](C(=O)NCCC(C)C)c2ccccc2)cc1. The van der Waals surface area contributed by atoms with Crippen LogP contribution in [-0.2, 0) is 32.6 Å². The number of sulfonamides is 1. The van der Waals surface area contributed by atoms with E-state index in [4.69, 9.17) is 0 Å². The zero-order valence-corrected chi connectivity index (χ0v) is 24.1. The highest BCUT2D eigenvalue weighted by molar-refractivity contribution is 7.89. The van der Waals surface area contributed by atoms with Gasteiger partial charge in [0.25, 0.3) is 0 Å². The van der Waals surface area contributed by atoms with E-state index in [-0.39, 0.29) is 42.0 Å². The second-order valence-corrected chi connectivity index (χ2v) is 11.8. The maximum absolute atomic E-state index is 13.8. The number of benzene rings is 3. The topological polar surface area (TPSA) is 95.6 Å². The fourth-order valence-electron chi connectivity index (χ4n) is 4.30. The average Bonchev–Trinajstić information content (AvgIpc) is 2.93.